The van der Waals surface area contributed by atoms with Crippen LogP contribution in [0.3, 0.4) is 0 Å². The summed E-state index contributed by atoms with van der Waals surface area (Å²) in [5, 5.41) is 0. The molecule has 0 fully saturated rings. The van der Waals surface area contributed by atoms with E-state index in [1.54, 1.807) is 0 Å². The second-order valence-electron chi connectivity index (χ2n) is 20.7. The third-order valence-corrected chi connectivity index (χ3v) is 13.5. The maximum absolute atomic E-state index is 12.8. The number of phosphoric ester groups is 1. The summed E-state index contributed by atoms with van der Waals surface area (Å²) >= 11 is 0. The quantitative estimate of drug-likeness (QED) is 0.0211. The van der Waals surface area contributed by atoms with Crippen LogP contribution in [0.2, 0.25) is 0 Å². The number of allylic oxidation sites excluding steroid dienone is 12. The molecule has 2 unspecified atom stereocenters. The van der Waals surface area contributed by atoms with Crippen molar-refractivity contribution in [3.05, 3.63) is 72.9 Å². The average Bonchev–Trinajstić information content (AvgIpc) is 3.33. The van der Waals surface area contributed by atoms with E-state index >= 15 is 0 Å². The molecule has 412 valence electrons. The van der Waals surface area contributed by atoms with E-state index in [9.17, 15) is 19.0 Å². The van der Waals surface area contributed by atoms with Crippen LogP contribution in [0.4, 0.5) is 0 Å². The number of carbonyl (C=O) groups excluding carboxylic acids is 2. The van der Waals surface area contributed by atoms with Gasteiger partial charge in [-0.25, -0.2) is 4.57 Å². The highest BCUT2D eigenvalue weighted by molar-refractivity contribution is 7.47. The summed E-state index contributed by atoms with van der Waals surface area (Å²) in [6.07, 6.45) is 68.5. The topological polar surface area (TPSA) is 108 Å². The van der Waals surface area contributed by atoms with Gasteiger partial charge in [-0.3, -0.25) is 18.6 Å². The molecule has 2 atom stereocenters. The predicted molar refractivity (Wildman–Crippen MR) is 302 cm³/mol. The van der Waals surface area contributed by atoms with E-state index in [0.29, 0.717) is 23.9 Å². The molecule has 0 saturated carbocycles. The fourth-order valence-electron chi connectivity index (χ4n) is 8.02. The van der Waals surface area contributed by atoms with Gasteiger partial charge in [0, 0.05) is 12.8 Å². The Hall–Kier alpha value is -2.55. The highest BCUT2D eigenvalue weighted by Crippen LogP contribution is 2.43. The van der Waals surface area contributed by atoms with E-state index in [0.717, 1.165) is 70.6 Å². The Labute approximate surface area is 438 Å². The van der Waals surface area contributed by atoms with Crippen molar-refractivity contribution < 1.29 is 42.1 Å². The van der Waals surface area contributed by atoms with Gasteiger partial charge in [0.1, 0.15) is 19.8 Å². The third-order valence-electron chi connectivity index (χ3n) is 12.5. The maximum atomic E-state index is 12.8. The van der Waals surface area contributed by atoms with Gasteiger partial charge in [0.05, 0.1) is 27.7 Å². The molecular weight excluding hydrogens is 906 g/mol. The molecule has 0 amide bonds. The number of likely N-dealkylation sites (N-methyl/N-ethyl adjacent to an activating group) is 1. The van der Waals surface area contributed by atoms with Crippen LogP contribution in [0.15, 0.2) is 72.9 Å². The number of phosphoric acid groups is 1. The van der Waals surface area contributed by atoms with Crippen LogP contribution in [0.5, 0.6) is 0 Å². The number of quaternary nitrogens is 1. The molecule has 10 heteroatoms. The van der Waals surface area contributed by atoms with Gasteiger partial charge in [-0.15, -0.1) is 0 Å². The van der Waals surface area contributed by atoms with E-state index in [-0.39, 0.29) is 25.6 Å². The molecule has 0 aliphatic rings. The Kier molecular flexibility index (Phi) is 50.4. The largest absolute Gasteiger partial charge is 0.472 e. The molecule has 0 aromatic carbocycles. The van der Waals surface area contributed by atoms with Crippen molar-refractivity contribution in [3.63, 3.8) is 0 Å². The lowest BCUT2D eigenvalue weighted by Crippen LogP contribution is -2.37. The first-order valence-electron chi connectivity index (χ1n) is 29.2. The summed E-state index contributed by atoms with van der Waals surface area (Å²) in [7, 11) is 1.48. The van der Waals surface area contributed by atoms with Crippen molar-refractivity contribution in [2.45, 2.75) is 258 Å². The first-order chi connectivity index (χ1) is 34.5. The Morgan fingerprint density at radius 2 is 0.803 bits per heavy atom. The number of ether oxygens (including phenoxy) is 2. The Morgan fingerprint density at radius 3 is 1.20 bits per heavy atom. The fourth-order valence-corrected chi connectivity index (χ4v) is 8.76. The summed E-state index contributed by atoms with van der Waals surface area (Å²) in [6.45, 7) is 4.31. The fraction of sp³-hybridized carbons (Fsp3) is 0.770. The van der Waals surface area contributed by atoms with E-state index < -0.39 is 26.5 Å². The summed E-state index contributed by atoms with van der Waals surface area (Å²) < 4.78 is 34.4. The van der Waals surface area contributed by atoms with Crippen molar-refractivity contribution in [2.24, 2.45) is 0 Å². The molecule has 0 aromatic heterocycles. The molecular formula is C61H111NO8P+. The lowest BCUT2D eigenvalue weighted by Gasteiger charge is -2.24. The van der Waals surface area contributed by atoms with Crippen LogP contribution in [-0.2, 0) is 32.7 Å². The van der Waals surface area contributed by atoms with E-state index in [2.05, 4.69) is 86.8 Å². The molecule has 0 aromatic rings. The van der Waals surface area contributed by atoms with Crippen LogP contribution >= 0.6 is 7.82 Å². The van der Waals surface area contributed by atoms with Gasteiger partial charge in [0.25, 0.3) is 0 Å². The molecule has 0 spiro atoms. The molecule has 71 heavy (non-hydrogen) atoms. The van der Waals surface area contributed by atoms with E-state index in [1.807, 2.05) is 21.1 Å². The lowest BCUT2D eigenvalue weighted by molar-refractivity contribution is -0.870. The maximum Gasteiger partial charge on any atom is 0.472 e. The molecule has 1 N–H and O–H groups in total. The number of hydrogen-bond acceptors (Lipinski definition) is 7. The lowest BCUT2D eigenvalue weighted by atomic mass is 10.0. The number of carbonyl (C=O) groups is 2. The zero-order valence-corrected chi connectivity index (χ0v) is 47.6. The highest BCUT2D eigenvalue weighted by Gasteiger charge is 2.27. The van der Waals surface area contributed by atoms with Crippen molar-refractivity contribution >= 4 is 19.8 Å². The zero-order chi connectivity index (χ0) is 52.0. The third kappa shape index (κ3) is 56.6. The first-order valence-corrected chi connectivity index (χ1v) is 30.7. The van der Waals surface area contributed by atoms with Gasteiger partial charge < -0.3 is 18.9 Å². The minimum absolute atomic E-state index is 0.0324. The van der Waals surface area contributed by atoms with Crippen LogP contribution in [0, 0.1) is 0 Å². The Morgan fingerprint density at radius 1 is 0.451 bits per heavy atom. The van der Waals surface area contributed by atoms with Gasteiger partial charge in [0.2, 0.25) is 0 Å². The second-order valence-corrected chi connectivity index (χ2v) is 22.1. The molecule has 9 nitrogen and oxygen atoms in total. The van der Waals surface area contributed by atoms with Crippen molar-refractivity contribution in [3.8, 4) is 0 Å². The predicted octanol–water partition coefficient (Wildman–Crippen LogP) is 18.1. The van der Waals surface area contributed by atoms with Gasteiger partial charge >= 0.3 is 19.8 Å². The molecule has 0 radical (unpaired) electrons. The van der Waals surface area contributed by atoms with E-state index in [4.69, 9.17) is 18.5 Å². The van der Waals surface area contributed by atoms with Crippen molar-refractivity contribution in [1.29, 1.82) is 0 Å². The molecule has 0 heterocycles. The smallest absolute Gasteiger partial charge is 0.462 e. The molecule has 0 rings (SSSR count). The van der Waals surface area contributed by atoms with Gasteiger partial charge in [-0.05, 0) is 64.2 Å². The minimum Gasteiger partial charge on any atom is -0.462 e. The van der Waals surface area contributed by atoms with Crippen molar-refractivity contribution in [2.75, 3.05) is 47.5 Å². The first kappa shape index (κ1) is 68.5. The molecule has 0 aliphatic heterocycles. The number of unbranched alkanes of at least 4 members (excludes halogenated alkanes) is 27. The minimum atomic E-state index is -4.38. The summed E-state index contributed by atoms with van der Waals surface area (Å²) in [6, 6.07) is 0. The van der Waals surface area contributed by atoms with Crippen LogP contribution in [0.1, 0.15) is 251 Å². The van der Waals surface area contributed by atoms with Gasteiger partial charge in [-0.2, -0.15) is 0 Å². The highest BCUT2D eigenvalue weighted by atomic mass is 31.2. The second kappa shape index (κ2) is 52.3. The average molecular weight is 1020 g/mol. The number of hydrogen-bond donors (Lipinski definition) is 1. The standard InChI is InChI=1S/C61H110NO8P/c1-6-8-10-12-14-16-18-19-20-21-22-23-24-25-26-27-28-29-30-31-32-33-34-35-36-37-38-39-40-41-42-43-44-46-48-50-52-54-61(64)70-59(58-69-71(65,66)68-56-55-62(3,4)5)57-67-60(63)53-51-49-47-45-17-15-13-11-9-7-2/h8,10,14,16,19-20,22-23,25-26,28-29,59H,6-7,9,11-13,15,17-18,21,24,27,30-58H2,1-5H3/p+1/b10-8-,16-14-,20-19-,23-22-,26-25-,29-28-. The van der Waals surface area contributed by atoms with Crippen molar-refractivity contribution in [1.82, 2.24) is 0 Å². The SMILES string of the molecule is CC/C=C\C/C=C\C/C=C\C/C=C\C/C=C\C/C=C\CCCCCCCCCCCCCCCCCCCCC(=O)OC(COC(=O)CCCCCCCCCCCC)COP(=O)(O)OCC[N+](C)(C)C. The zero-order valence-electron chi connectivity index (χ0n) is 46.7. The number of nitrogens with zero attached hydrogens (tertiary/aromatic N) is 1. The summed E-state index contributed by atoms with van der Waals surface area (Å²) in [4.78, 5) is 35.5. The summed E-state index contributed by atoms with van der Waals surface area (Å²) in [5.74, 6) is -0.792. The number of esters is 2. The number of rotatable bonds is 53. The monoisotopic (exact) mass is 1020 g/mol. The molecule has 0 saturated heterocycles. The molecule has 0 aliphatic carbocycles. The summed E-state index contributed by atoms with van der Waals surface area (Å²) in [5.41, 5.74) is 0. The van der Waals surface area contributed by atoms with Crippen LogP contribution in [0.25, 0.3) is 0 Å². The molecule has 0 bridgehead atoms. The Bertz CT molecular complexity index is 1430. The Balaban J connectivity index is 3.93. The van der Waals surface area contributed by atoms with E-state index in [1.165, 1.54) is 148 Å². The van der Waals surface area contributed by atoms with Crippen LogP contribution < -0.4 is 0 Å². The van der Waals surface area contributed by atoms with Gasteiger partial charge in [-0.1, -0.05) is 247 Å². The van der Waals surface area contributed by atoms with Crippen LogP contribution in [-0.4, -0.2) is 74.9 Å². The normalized spacial score (nSPS) is 13.8. The van der Waals surface area contributed by atoms with Gasteiger partial charge in [0.15, 0.2) is 6.10 Å².